The van der Waals surface area contributed by atoms with Crippen LogP contribution in [-0.4, -0.2) is 9.55 Å². The summed E-state index contributed by atoms with van der Waals surface area (Å²) in [5.41, 5.74) is 4.98. The average Bonchev–Trinajstić information content (AvgIpc) is 2.80. The molecule has 0 saturated heterocycles. The van der Waals surface area contributed by atoms with Gasteiger partial charge in [-0.2, -0.15) is 0 Å². The number of aryl methyl sites for hydroxylation is 1. The minimum absolute atomic E-state index is 0.768. The average molecular weight is 291 g/mol. The molecule has 0 unspecified atom stereocenters. The SMILES string of the molecule is C=CCn1c(C)c(C)c2ccnc(NCc3ccccc3)c21. The zero-order valence-electron chi connectivity index (χ0n) is 13.1. The summed E-state index contributed by atoms with van der Waals surface area (Å²) in [5, 5.41) is 4.73. The lowest BCUT2D eigenvalue weighted by Gasteiger charge is -2.11. The number of anilines is 1. The number of benzene rings is 1. The van der Waals surface area contributed by atoms with Crippen LogP contribution in [0.25, 0.3) is 10.9 Å². The lowest BCUT2D eigenvalue weighted by atomic mass is 10.2. The minimum atomic E-state index is 0.768. The Labute approximate surface area is 131 Å². The number of nitrogens with one attached hydrogen (secondary N) is 1. The topological polar surface area (TPSA) is 29.9 Å². The van der Waals surface area contributed by atoms with Crippen LogP contribution in [0.2, 0.25) is 0 Å². The number of pyridine rings is 1. The number of hydrogen-bond donors (Lipinski definition) is 1. The molecule has 2 aromatic heterocycles. The Hall–Kier alpha value is -2.55. The highest BCUT2D eigenvalue weighted by Crippen LogP contribution is 2.29. The lowest BCUT2D eigenvalue weighted by Crippen LogP contribution is -2.05. The van der Waals surface area contributed by atoms with Gasteiger partial charge in [-0.15, -0.1) is 6.58 Å². The number of hydrogen-bond acceptors (Lipinski definition) is 2. The molecular weight excluding hydrogens is 270 g/mol. The first kappa shape index (κ1) is 14.4. The number of allylic oxidation sites excluding steroid dienone is 1. The van der Waals surface area contributed by atoms with Crippen molar-refractivity contribution in [2.24, 2.45) is 0 Å². The van der Waals surface area contributed by atoms with E-state index < -0.39 is 0 Å². The molecule has 0 saturated carbocycles. The summed E-state index contributed by atoms with van der Waals surface area (Å²) in [4.78, 5) is 4.55. The predicted octanol–water partition coefficient (Wildman–Crippen LogP) is 4.45. The predicted molar refractivity (Wildman–Crippen MR) is 93.2 cm³/mol. The van der Waals surface area contributed by atoms with Crippen molar-refractivity contribution in [3.05, 3.63) is 72.1 Å². The van der Waals surface area contributed by atoms with Crippen LogP contribution >= 0.6 is 0 Å². The van der Waals surface area contributed by atoms with Crippen LogP contribution in [0.4, 0.5) is 5.82 Å². The third-order valence-corrected chi connectivity index (χ3v) is 4.16. The first-order chi connectivity index (χ1) is 10.7. The van der Waals surface area contributed by atoms with Gasteiger partial charge in [0.2, 0.25) is 0 Å². The number of rotatable bonds is 5. The van der Waals surface area contributed by atoms with Crippen LogP contribution in [0.5, 0.6) is 0 Å². The van der Waals surface area contributed by atoms with Gasteiger partial charge in [0.15, 0.2) is 5.82 Å². The van der Waals surface area contributed by atoms with Gasteiger partial charge >= 0.3 is 0 Å². The normalized spacial score (nSPS) is 10.8. The van der Waals surface area contributed by atoms with Crippen LogP contribution < -0.4 is 5.32 Å². The molecule has 0 aliphatic heterocycles. The molecule has 112 valence electrons. The fourth-order valence-corrected chi connectivity index (χ4v) is 2.86. The highest BCUT2D eigenvalue weighted by atomic mass is 15.1. The summed E-state index contributed by atoms with van der Waals surface area (Å²) in [6.45, 7) is 9.75. The van der Waals surface area contributed by atoms with Crippen molar-refractivity contribution >= 4 is 16.7 Å². The zero-order valence-corrected chi connectivity index (χ0v) is 13.1. The van der Waals surface area contributed by atoms with Crippen LogP contribution in [-0.2, 0) is 13.1 Å². The summed E-state index contributed by atoms with van der Waals surface area (Å²) in [7, 11) is 0. The second-order valence-electron chi connectivity index (χ2n) is 5.50. The molecule has 0 aliphatic carbocycles. The minimum Gasteiger partial charge on any atom is -0.364 e. The van der Waals surface area contributed by atoms with Crippen molar-refractivity contribution in [1.82, 2.24) is 9.55 Å². The molecule has 0 fully saturated rings. The summed E-state index contributed by atoms with van der Waals surface area (Å²) in [6, 6.07) is 12.5. The van der Waals surface area contributed by atoms with Crippen molar-refractivity contribution in [2.75, 3.05) is 5.32 Å². The molecule has 0 radical (unpaired) electrons. The summed E-state index contributed by atoms with van der Waals surface area (Å²) < 4.78 is 2.28. The van der Waals surface area contributed by atoms with Crippen LogP contribution in [0.15, 0.2) is 55.3 Å². The molecule has 3 nitrogen and oxygen atoms in total. The van der Waals surface area contributed by atoms with E-state index in [0.717, 1.165) is 24.4 Å². The van der Waals surface area contributed by atoms with Gasteiger partial charge in [-0.25, -0.2) is 4.98 Å². The van der Waals surface area contributed by atoms with E-state index in [4.69, 9.17) is 0 Å². The molecule has 3 rings (SSSR count). The van der Waals surface area contributed by atoms with Gasteiger partial charge in [-0.1, -0.05) is 36.4 Å². The second-order valence-corrected chi connectivity index (χ2v) is 5.50. The van der Waals surface area contributed by atoms with Crippen molar-refractivity contribution in [3.8, 4) is 0 Å². The Balaban J connectivity index is 2.02. The Morgan fingerprint density at radius 3 is 2.68 bits per heavy atom. The third-order valence-electron chi connectivity index (χ3n) is 4.16. The number of fused-ring (bicyclic) bond motifs is 1. The van der Waals surface area contributed by atoms with Crippen LogP contribution in [0.3, 0.4) is 0 Å². The highest BCUT2D eigenvalue weighted by Gasteiger charge is 2.14. The molecule has 0 bridgehead atoms. The molecule has 22 heavy (non-hydrogen) atoms. The highest BCUT2D eigenvalue weighted by molar-refractivity contribution is 5.93. The molecule has 1 N–H and O–H groups in total. The van der Waals surface area contributed by atoms with E-state index >= 15 is 0 Å². The Kier molecular flexibility index (Phi) is 3.96. The molecular formula is C19H21N3. The van der Waals surface area contributed by atoms with Gasteiger partial charge in [0, 0.05) is 30.4 Å². The molecule has 0 amide bonds. The van der Waals surface area contributed by atoms with Crippen molar-refractivity contribution in [3.63, 3.8) is 0 Å². The largest absolute Gasteiger partial charge is 0.364 e. The quantitative estimate of drug-likeness (QED) is 0.704. The van der Waals surface area contributed by atoms with E-state index in [-0.39, 0.29) is 0 Å². The summed E-state index contributed by atoms with van der Waals surface area (Å²) >= 11 is 0. The first-order valence-corrected chi connectivity index (χ1v) is 7.55. The maximum atomic E-state index is 4.55. The van der Waals surface area contributed by atoms with Gasteiger partial charge in [0.25, 0.3) is 0 Å². The van der Waals surface area contributed by atoms with Crippen molar-refractivity contribution < 1.29 is 0 Å². The van der Waals surface area contributed by atoms with Gasteiger partial charge in [-0.05, 0) is 31.0 Å². The van der Waals surface area contributed by atoms with E-state index in [1.165, 1.54) is 22.2 Å². The van der Waals surface area contributed by atoms with Gasteiger partial charge < -0.3 is 9.88 Å². The summed E-state index contributed by atoms with van der Waals surface area (Å²) in [5.74, 6) is 0.930. The van der Waals surface area contributed by atoms with E-state index in [1.807, 2.05) is 18.3 Å². The molecule has 1 aromatic carbocycles. The van der Waals surface area contributed by atoms with E-state index in [2.05, 4.69) is 65.6 Å². The molecule has 0 aliphatic rings. The van der Waals surface area contributed by atoms with E-state index in [1.54, 1.807) is 0 Å². The van der Waals surface area contributed by atoms with Crippen LogP contribution in [0.1, 0.15) is 16.8 Å². The molecule has 0 atom stereocenters. The molecule has 3 heteroatoms. The van der Waals surface area contributed by atoms with Crippen LogP contribution in [0, 0.1) is 13.8 Å². The third kappa shape index (κ3) is 2.50. The van der Waals surface area contributed by atoms with Crippen molar-refractivity contribution in [1.29, 1.82) is 0 Å². The first-order valence-electron chi connectivity index (χ1n) is 7.55. The standard InChI is InChI=1S/C19H21N3/c1-4-12-22-15(3)14(2)17-10-11-20-19(18(17)22)21-13-16-8-6-5-7-9-16/h4-11H,1,12-13H2,2-3H3,(H,20,21). The van der Waals surface area contributed by atoms with E-state index in [9.17, 15) is 0 Å². The fraction of sp³-hybridized carbons (Fsp3) is 0.211. The second kappa shape index (κ2) is 6.06. The molecule has 2 heterocycles. The number of aromatic nitrogens is 2. The molecule has 3 aromatic rings. The van der Waals surface area contributed by atoms with E-state index in [0.29, 0.717) is 0 Å². The maximum absolute atomic E-state index is 4.55. The lowest BCUT2D eigenvalue weighted by molar-refractivity contribution is 0.822. The maximum Gasteiger partial charge on any atom is 0.150 e. The smallest absolute Gasteiger partial charge is 0.150 e. The van der Waals surface area contributed by atoms with Gasteiger partial charge in [0.1, 0.15) is 0 Å². The van der Waals surface area contributed by atoms with Gasteiger partial charge in [-0.3, -0.25) is 0 Å². The fourth-order valence-electron chi connectivity index (χ4n) is 2.86. The zero-order chi connectivity index (χ0) is 15.5. The van der Waals surface area contributed by atoms with Crippen molar-refractivity contribution in [2.45, 2.75) is 26.9 Å². The number of nitrogens with zero attached hydrogens (tertiary/aromatic N) is 2. The monoisotopic (exact) mass is 291 g/mol. The summed E-state index contributed by atoms with van der Waals surface area (Å²) in [6.07, 6.45) is 3.81. The molecule has 0 spiro atoms. The Morgan fingerprint density at radius 2 is 1.95 bits per heavy atom. The Bertz CT molecular complexity index is 800. The Morgan fingerprint density at radius 1 is 1.18 bits per heavy atom. The van der Waals surface area contributed by atoms with Gasteiger partial charge in [0.05, 0.1) is 5.52 Å².